The molecule has 0 aromatic heterocycles. The summed E-state index contributed by atoms with van der Waals surface area (Å²) in [7, 11) is 2.43. The summed E-state index contributed by atoms with van der Waals surface area (Å²) in [5.41, 5.74) is -8.70. The van der Waals surface area contributed by atoms with Gasteiger partial charge in [0.25, 0.3) is 0 Å². The summed E-state index contributed by atoms with van der Waals surface area (Å²) in [6.45, 7) is 18.0. The van der Waals surface area contributed by atoms with Crippen molar-refractivity contribution >= 4 is 47.8 Å². The van der Waals surface area contributed by atoms with Crippen LogP contribution in [0.5, 0.6) is 0 Å². The van der Waals surface area contributed by atoms with Crippen molar-refractivity contribution in [2.75, 3.05) is 20.8 Å². The molecule has 5 rings (SSSR count). The summed E-state index contributed by atoms with van der Waals surface area (Å²) in [5, 5.41) is 0. The van der Waals surface area contributed by atoms with Crippen LogP contribution in [0.1, 0.15) is 109 Å². The normalized spacial score (nSPS) is 40.2. The molecule has 0 amide bonds. The van der Waals surface area contributed by atoms with Crippen LogP contribution < -0.4 is 0 Å². The van der Waals surface area contributed by atoms with E-state index in [4.69, 9.17) is 37.9 Å². The van der Waals surface area contributed by atoms with Crippen LogP contribution in [0.25, 0.3) is 0 Å². The minimum absolute atomic E-state index is 0.00596. The van der Waals surface area contributed by atoms with Gasteiger partial charge < -0.3 is 37.9 Å². The Kier molecular flexibility index (Phi) is 12.5. The molecule has 61 heavy (non-hydrogen) atoms. The highest BCUT2D eigenvalue weighted by Crippen LogP contribution is 2.82. The van der Waals surface area contributed by atoms with Crippen LogP contribution in [0.15, 0.2) is 23.3 Å². The average molecular weight is 859 g/mol. The topological polar surface area (TPSA) is 210 Å². The van der Waals surface area contributed by atoms with Gasteiger partial charge in [-0.05, 0) is 58.4 Å². The number of methoxy groups -OCH3 is 2. The Bertz CT molecular complexity index is 1950. The third-order valence-corrected chi connectivity index (χ3v) is 15.7. The van der Waals surface area contributed by atoms with E-state index in [1.807, 2.05) is 0 Å². The number of hydrogen-bond donors (Lipinski definition) is 0. The average Bonchev–Trinajstić information content (AvgIpc) is 3.54. The second kappa shape index (κ2) is 16.2. The third-order valence-electron chi connectivity index (χ3n) is 15.7. The van der Waals surface area contributed by atoms with Crippen LogP contribution in [0, 0.1) is 50.7 Å². The molecule has 1 aliphatic heterocycles. The number of esters is 8. The SMILES string of the molecule is CC=C(C)C(=O)O[C@@H]1C[C@](C)([C@@H](C)C(=O)OC)[C@@H](CC(=O)OC)[C@]2(COC(C)=O)[C@@H](OC(C)=O)[C@H](C)[C@@]3(C(C)=C[C@H](OC(C)=O)[C@@]4(C)[C@@H](OC(C)=O)C[C@]5(C)C[C@]43OC5=O)[C@@H]12. The van der Waals surface area contributed by atoms with Crippen LogP contribution in [0.3, 0.4) is 0 Å². The quantitative estimate of drug-likeness (QED) is 0.117. The van der Waals surface area contributed by atoms with Crippen molar-refractivity contribution in [3.8, 4) is 0 Å². The fraction of sp³-hybridized carbons (Fsp3) is 0.733. The summed E-state index contributed by atoms with van der Waals surface area (Å²) < 4.78 is 49.0. The Morgan fingerprint density at radius 2 is 1.48 bits per heavy atom. The van der Waals surface area contributed by atoms with E-state index in [1.54, 1.807) is 67.5 Å². The maximum Gasteiger partial charge on any atom is 0.333 e. The lowest BCUT2D eigenvalue weighted by Gasteiger charge is -2.68. The second-order valence-electron chi connectivity index (χ2n) is 18.7. The van der Waals surface area contributed by atoms with Gasteiger partial charge in [-0.1, -0.05) is 32.4 Å². The zero-order valence-corrected chi connectivity index (χ0v) is 37.8. The van der Waals surface area contributed by atoms with Crippen molar-refractivity contribution < 1.29 is 76.3 Å². The maximum atomic E-state index is 14.7. The van der Waals surface area contributed by atoms with Crippen molar-refractivity contribution in [2.45, 2.75) is 139 Å². The number of hydrogen-bond acceptors (Lipinski definition) is 16. The summed E-state index contributed by atoms with van der Waals surface area (Å²) >= 11 is 0. The lowest BCUT2D eigenvalue weighted by Crippen LogP contribution is -2.76. The van der Waals surface area contributed by atoms with E-state index in [1.165, 1.54) is 41.9 Å². The van der Waals surface area contributed by atoms with Crippen molar-refractivity contribution in [3.05, 3.63) is 23.3 Å². The number of carbonyl (C=O) groups is 8. The van der Waals surface area contributed by atoms with E-state index in [-0.39, 0.29) is 24.8 Å². The van der Waals surface area contributed by atoms with Gasteiger partial charge in [-0.15, -0.1) is 0 Å². The molecule has 0 radical (unpaired) electrons. The van der Waals surface area contributed by atoms with E-state index in [9.17, 15) is 38.4 Å². The molecule has 0 aromatic rings. The van der Waals surface area contributed by atoms with Gasteiger partial charge in [-0.25, -0.2) is 4.79 Å². The van der Waals surface area contributed by atoms with Crippen molar-refractivity contribution in [1.82, 2.24) is 0 Å². The summed E-state index contributed by atoms with van der Waals surface area (Å²) in [5.74, 6) is -9.75. The number of ether oxygens (including phenoxy) is 8. The molecule has 1 heterocycles. The Morgan fingerprint density at radius 1 is 0.869 bits per heavy atom. The molecule has 14 atom stereocenters. The first-order chi connectivity index (χ1) is 28.2. The molecule has 2 spiro atoms. The fourth-order valence-electron chi connectivity index (χ4n) is 13.0. The highest BCUT2D eigenvalue weighted by Gasteiger charge is 2.90. The first-order valence-corrected chi connectivity index (χ1v) is 20.8. The molecule has 16 nitrogen and oxygen atoms in total. The highest BCUT2D eigenvalue weighted by molar-refractivity contribution is 5.88. The van der Waals surface area contributed by atoms with Gasteiger partial charge in [0.1, 0.15) is 36.6 Å². The van der Waals surface area contributed by atoms with E-state index >= 15 is 0 Å². The molecule has 5 aliphatic rings. The molecular formula is C45H62O16. The minimum atomic E-state index is -1.82. The van der Waals surface area contributed by atoms with E-state index in [2.05, 4.69) is 0 Å². The number of fused-ring (bicyclic) bond motifs is 3. The molecule has 3 saturated carbocycles. The highest BCUT2D eigenvalue weighted by atomic mass is 16.6. The maximum absolute atomic E-state index is 14.7. The Hall–Kier alpha value is -4.76. The van der Waals surface area contributed by atoms with Crippen molar-refractivity contribution in [1.29, 1.82) is 0 Å². The first kappa shape index (κ1) is 47.3. The molecule has 338 valence electrons. The summed E-state index contributed by atoms with van der Waals surface area (Å²) in [6.07, 6.45) is -2.13. The molecule has 0 N–H and O–H groups in total. The number of allylic oxidation sites excluding steroid dienone is 1. The van der Waals surface area contributed by atoms with E-state index in [0.29, 0.717) is 5.57 Å². The van der Waals surface area contributed by atoms with E-state index < -0.39 is 142 Å². The van der Waals surface area contributed by atoms with Crippen LogP contribution >= 0.6 is 0 Å². The van der Waals surface area contributed by atoms with Crippen LogP contribution in [-0.2, 0) is 76.3 Å². The second-order valence-corrected chi connectivity index (χ2v) is 18.7. The zero-order chi connectivity index (χ0) is 46.0. The molecule has 4 fully saturated rings. The van der Waals surface area contributed by atoms with E-state index in [0.717, 1.165) is 0 Å². The largest absolute Gasteiger partial charge is 0.469 e. The van der Waals surface area contributed by atoms with Crippen molar-refractivity contribution in [2.24, 2.45) is 50.7 Å². The summed E-state index contributed by atoms with van der Waals surface area (Å²) in [4.78, 5) is 110. The molecule has 0 aromatic carbocycles. The number of carbonyl (C=O) groups excluding carboxylic acids is 8. The molecule has 16 heteroatoms. The van der Waals surface area contributed by atoms with Gasteiger partial charge in [0, 0.05) is 69.8 Å². The van der Waals surface area contributed by atoms with Gasteiger partial charge >= 0.3 is 47.8 Å². The fourth-order valence-corrected chi connectivity index (χ4v) is 13.0. The van der Waals surface area contributed by atoms with Gasteiger partial charge in [0.05, 0.1) is 36.4 Å². The van der Waals surface area contributed by atoms with Gasteiger partial charge in [0.2, 0.25) is 0 Å². The lowest BCUT2D eigenvalue weighted by molar-refractivity contribution is -0.283. The molecule has 4 aliphatic carbocycles. The third kappa shape index (κ3) is 6.76. The first-order valence-electron chi connectivity index (χ1n) is 20.8. The summed E-state index contributed by atoms with van der Waals surface area (Å²) in [6, 6.07) is 0. The molecule has 2 bridgehead atoms. The standard InChI is InChI=1S/C45H62O16/c1-15-22(2)37(51)60-30-18-41(11,25(5)38(52)55-14)31(17-34(50)54-13)43(21-56-26(6)46)35(30)45(24(4)36(43)59-29(9)49)23(3)16-32(57-27(7)47)42(12)33(58-28(8)48)19-40(10)20-44(42,45)61-39(40)53/h15-16,24-25,30-33,35-36H,17-21H2,1-14H3/t24-,25-,30+,31+,32-,33-,35-,36-,40+,41+,42-,43-,44-,45-/m0/s1. The predicted molar refractivity (Wildman–Crippen MR) is 212 cm³/mol. The lowest BCUT2D eigenvalue weighted by atomic mass is 9.37. The van der Waals surface area contributed by atoms with Gasteiger partial charge in [-0.3, -0.25) is 33.6 Å². The number of rotatable bonds is 11. The monoisotopic (exact) mass is 858 g/mol. The van der Waals surface area contributed by atoms with Crippen LogP contribution in [-0.4, -0.2) is 98.6 Å². The molecule has 0 unspecified atom stereocenters. The Labute approximate surface area is 357 Å². The Balaban J connectivity index is 2.08. The zero-order valence-electron chi connectivity index (χ0n) is 37.8. The van der Waals surface area contributed by atoms with Crippen LogP contribution in [0.4, 0.5) is 0 Å². The molecular weight excluding hydrogens is 796 g/mol. The van der Waals surface area contributed by atoms with Gasteiger partial charge in [0.15, 0.2) is 0 Å². The van der Waals surface area contributed by atoms with Crippen LogP contribution in [0.2, 0.25) is 0 Å². The van der Waals surface area contributed by atoms with Crippen molar-refractivity contribution in [3.63, 3.8) is 0 Å². The predicted octanol–water partition coefficient (Wildman–Crippen LogP) is 4.92. The minimum Gasteiger partial charge on any atom is -0.469 e. The smallest absolute Gasteiger partial charge is 0.333 e. The van der Waals surface area contributed by atoms with Gasteiger partial charge in [-0.2, -0.15) is 0 Å². The molecule has 1 saturated heterocycles. The Morgan fingerprint density at radius 3 is 2.00 bits per heavy atom.